The number of aryl methyl sites for hydroxylation is 1. The van der Waals surface area contributed by atoms with Crippen molar-refractivity contribution in [2.45, 2.75) is 39.7 Å². The third-order valence-corrected chi connectivity index (χ3v) is 2.77. The van der Waals surface area contributed by atoms with E-state index in [1.165, 1.54) is 6.07 Å². The smallest absolute Gasteiger partial charge is 0.123 e. The van der Waals surface area contributed by atoms with Crippen molar-refractivity contribution in [1.82, 2.24) is 5.43 Å². The van der Waals surface area contributed by atoms with Crippen LogP contribution in [0.4, 0.5) is 4.39 Å². The van der Waals surface area contributed by atoms with Gasteiger partial charge in [-0.1, -0.05) is 19.9 Å². The molecular weight excluding hydrogens is 203 g/mol. The zero-order valence-electron chi connectivity index (χ0n) is 10.3. The van der Waals surface area contributed by atoms with Gasteiger partial charge in [0, 0.05) is 6.04 Å². The van der Waals surface area contributed by atoms with E-state index in [0.29, 0.717) is 5.92 Å². The van der Waals surface area contributed by atoms with E-state index < -0.39 is 0 Å². The Morgan fingerprint density at radius 2 is 2.06 bits per heavy atom. The fraction of sp³-hybridized carbons (Fsp3) is 0.538. The molecule has 16 heavy (non-hydrogen) atoms. The molecule has 0 heterocycles. The molecule has 0 amide bonds. The van der Waals surface area contributed by atoms with Crippen molar-refractivity contribution in [3.8, 4) is 0 Å². The minimum Gasteiger partial charge on any atom is -0.271 e. The lowest BCUT2D eigenvalue weighted by molar-refractivity contribution is 0.422. The Hall–Kier alpha value is -0.930. The van der Waals surface area contributed by atoms with Crippen LogP contribution in [0.2, 0.25) is 0 Å². The summed E-state index contributed by atoms with van der Waals surface area (Å²) in [6.07, 6.45) is 1.77. The SMILES string of the molecule is Cc1ccc(F)cc1CC(CC(C)C)NN. The molecular formula is C13H21FN2. The fourth-order valence-corrected chi connectivity index (χ4v) is 1.90. The van der Waals surface area contributed by atoms with Crippen LogP contribution in [0.1, 0.15) is 31.4 Å². The van der Waals surface area contributed by atoms with Crippen molar-refractivity contribution in [2.24, 2.45) is 11.8 Å². The molecule has 0 aliphatic carbocycles. The van der Waals surface area contributed by atoms with Crippen molar-refractivity contribution in [1.29, 1.82) is 0 Å². The first-order chi connectivity index (χ1) is 7.52. The van der Waals surface area contributed by atoms with E-state index in [-0.39, 0.29) is 11.9 Å². The van der Waals surface area contributed by atoms with E-state index in [0.717, 1.165) is 24.0 Å². The second-order valence-electron chi connectivity index (χ2n) is 4.77. The molecule has 1 unspecified atom stereocenters. The monoisotopic (exact) mass is 224 g/mol. The Kier molecular flexibility index (Phi) is 4.90. The lowest BCUT2D eigenvalue weighted by Crippen LogP contribution is -2.37. The summed E-state index contributed by atoms with van der Waals surface area (Å²) in [4.78, 5) is 0. The molecule has 90 valence electrons. The maximum atomic E-state index is 13.1. The quantitative estimate of drug-likeness (QED) is 0.596. The number of nitrogens with two attached hydrogens (primary N) is 1. The summed E-state index contributed by atoms with van der Waals surface area (Å²) >= 11 is 0. The van der Waals surface area contributed by atoms with Crippen LogP contribution in [0.25, 0.3) is 0 Å². The molecule has 0 spiro atoms. The van der Waals surface area contributed by atoms with Crippen LogP contribution >= 0.6 is 0 Å². The number of hydrazine groups is 1. The van der Waals surface area contributed by atoms with Crippen LogP contribution in [0.5, 0.6) is 0 Å². The van der Waals surface area contributed by atoms with Crippen LogP contribution in [-0.4, -0.2) is 6.04 Å². The van der Waals surface area contributed by atoms with Crippen molar-refractivity contribution in [3.63, 3.8) is 0 Å². The van der Waals surface area contributed by atoms with Crippen molar-refractivity contribution in [2.75, 3.05) is 0 Å². The van der Waals surface area contributed by atoms with Crippen LogP contribution in [-0.2, 0) is 6.42 Å². The van der Waals surface area contributed by atoms with Gasteiger partial charge in [-0.2, -0.15) is 0 Å². The van der Waals surface area contributed by atoms with Gasteiger partial charge in [-0.25, -0.2) is 4.39 Å². The summed E-state index contributed by atoms with van der Waals surface area (Å²) in [6, 6.07) is 5.11. The summed E-state index contributed by atoms with van der Waals surface area (Å²) in [5.74, 6) is 5.91. The van der Waals surface area contributed by atoms with Gasteiger partial charge in [0.1, 0.15) is 5.82 Å². The molecule has 0 saturated carbocycles. The molecule has 0 bridgehead atoms. The van der Waals surface area contributed by atoms with Gasteiger partial charge in [0.15, 0.2) is 0 Å². The second-order valence-corrected chi connectivity index (χ2v) is 4.77. The number of nitrogens with one attached hydrogen (secondary N) is 1. The van der Waals surface area contributed by atoms with Gasteiger partial charge in [0.2, 0.25) is 0 Å². The van der Waals surface area contributed by atoms with Gasteiger partial charge >= 0.3 is 0 Å². The minimum absolute atomic E-state index is 0.180. The molecule has 3 N–H and O–H groups in total. The van der Waals surface area contributed by atoms with E-state index in [9.17, 15) is 4.39 Å². The topological polar surface area (TPSA) is 38.0 Å². The molecule has 3 heteroatoms. The Morgan fingerprint density at radius 1 is 1.38 bits per heavy atom. The third-order valence-electron chi connectivity index (χ3n) is 2.77. The first-order valence-corrected chi connectivity index (χ1v) is 5.74. The molecule has 0 saturated heterocycles. The van der Waals surface area contributed by atoms with Crippen LogP contribution in [0, 0.1) is 18.7 Å². The Morgan fingerprint density at radius 3 is 2.62 bits per heavy atom. The summed E-state index contributed by atoms with van der Waals surface area (Å²) in [6.45, 7) is 6.31. The molecule has 2 nitrogen and oxygen atoms in total. The maximum absolute atomic E-state index is 13.1. The average Bonchev–Trinajstić information content (AvgIpc) is 2.21. The molecule has 0 radical (unpaired) electrons. The number of hydrogen-bond donors (Lipinski definition) is 2. The molecule has 1 aromatic carbocycles. The highest BCUT2D eigenvalue weighted by Gasteiger charge is 2.11. The Balaban J connectivity index is 2.73. The number of halogens is 1. The van der Waals surface area contributed by atoms with E-state index in [1.54, 1.807) is 6.07 Å². The predicted octanol–water partition coefficient (Wildman–Crippen LogP) is 2.55. The van der Waals surface area contributed by atoms with Crippen LogP contribution in [0.3, 0.4) is 0 Å². The van der Waals surface area contributed by atoms with Gasteiger partial charge in [0.05, 0.1) is 0 Å². The molecule has 0 aliphatic rings. The highest BCUT2D eigenvalue weighted by Crippen LogP contribution is 2.15. The van der Waals surface area contributed by atoms with Crippen LogP contribution < -0.4 is 11.3 Å². The first kappa shape index (κ1) is 13.1. The lowest BCUT2D eigenvalue weighted by atomic mass is 9.95. The van der Waals surface area contributed by atoms with Crippen molar-refractivity contribution < 1.29 is 4.39 Å². The molecule has 1 aromatic rings. The highest BCUT2D eigenvalue weighted by atomic mass is 19.1. The van der Waals surface area contributed by atoms with E-state index in [1.807, 2.05) is 13.0 Å². The zero-order valence-corrected chi connectivity index (χ0v) is 10.3. The molecule has 0 fully saturated rings. The fourth-order valence-electron chi connectivity index (χ4n) is 1.90. The molecule has 1 rings (SSSR count). The first-order valence-electron chi connectivity index (χ1n) is 5.74. The van der Waals surface area contributed by atoms with Gasteiger partial charge in [-0.15, -0.1) is 0 Å². The summed E-state index contributed by atoms with van der Waals surface area (Å²) in [5.41, 5.74) is 4.95. The maximum Gasteiger partial charge on any atom is 0.123 e. The van der Waals surface area contributed by atoms with E-state index in [4.69, 9.17) is 5.84 Å². The third kappa shape index (κ3) is 3.91. The molecule has 0 aliphatic heterocycles. The van der Waals surface area contributed by atoms with Crippen molar-refractivity contribution >= 4 is 0 Å². The molecule has 0 aromatic heterocycles. The lowest BCUT2D eigenvalue weighted by Gasteiger charge is -2.19. The van der Waals surface area contributed by atoms with Gasteiger partial charge in [-0.3, -0.25) is 11.3 Å². The number of hydrogen-bond acceptors (Lipinski definition) is 2. The predicted molar refractivity (Wildman–Crippen MR) is 65.4 cm³/mol. The van der Waals surface area contributed by atoms with Gasteiger partial charge < -0.3 is 0 Å². The van der Waals surface area contributed by atoms with E-state index in [2.05, 4.69) is 19.3 Å². The number of rotatable bonds is 5. The van der Waals surface area contributed by atoms with Crippen molar-refractivity contribution in [3.05, 3.63) is 35.1 Å². The summed E-state index contributed by atoms with van der Waals surface area (Å²) in [7, 11) is 0. The standard InChI is InChI=1S/C13H21FN2/c1-9(2)6-13(16-15)8-11-7-12(14)5-4-10(11)3/h4-5,7,9,13,16H,6,8,15H2,1-3H3. The highest BCUT2D eigenvalue weighted by molar-refractivity contribution is 5.27. The van der Waals surface area contributed by atoms with Crippen LogP contribution in [0.15, 0.2) is 18.2 Å². The second kappa shape index (κ2) is 5.97. The Bertz CT molecular complexity index is 337. The summed E-state index contributed by atoms with van der Waals surface area (Å²) in [5, 5.41) is 0. The van der Waals surface area contributed by atoms with Gasteiger partial charge in [-0.05, 0) is 48.9 Å². The summed E-state index contributed by atoms with van der Waals surface area (Å²) < 4.78 is 13.1. The Labute approximate surface area is 97.0 Å². The van der Waals surface area contributed by atoms with Gasteiger partial charge in [0.25, 0.3) is 0 Å². The normalized spacial score (nSPS) is 13.1. The number of benzene rings is 1. The zero-order chi connectivity index (χ0) is 12.1. The van der Waals surface area contributed by atoms with E-state index >= 15 is 0 Å². The molecule has 1 atom stereocenters. The minimum atomic E-state index is -0.180. The largest absolute Gasteiger partial charge is 0.271 e. The average molecular weight is 224 g/mol.